The Morgan fingerprint density at radius 2 is 1.57 bits per heavy atom. The number of rotatable bonds is 2. The number of hydrogen-bond donors (Lipinski definition) is 0. The van der Waals surface area contributed by atoms with Crippen LogP contribution in [0, 0.1) is 6.92 Å². The van der Waals surface area contributed by atoms with Crippen LogP contribution in [0.1, 0.15) is 11.4 Å². The predicted molar refractivity (Wildman–Crippen MR) is 115 cm³/mol. The first-order valence-electron chi connectivity index (χ1n) is 9.56. The van der Waals surface area contributed by atoms with Crippen LogP contribution in [0.5, 0.6) is 0 Å². The lowest BCUT2D eigenvalue weighted by molar-refractivity contribution is 0.383. The highest BCUT2D eigenvalue weighted by molar-refractivity contribution is 7.90. The number of sulfonamides is 1. The third-order valence-electron chi connectivity index (χ3n) is 5.37. The number of aryl methyl sites for hydroxylation is 1. The molecule has 0 atom stereocenters. The Labute approximate surface area is 179 Å². The molecule has 0 bridgehead atoms. The highest BCUT2D eigenvalue weighted by atomic mass is 35.5. The van der Waals surface area contributed by atoms with E-state index < -0.39 is 10.0 Å². The number of benzene rings is 2. The quantitative estimate of drug-likeness (QED) is 0.606. The van der Waals surface area contributed by atoms with Crippen LogP contribution in [0.25, 0.3) is 5.69 Å². The van der Waals surface area contributed by atoms with Gasteiger partial charge in [0.15, 0.2) is 5.84 Å². The van der Waals surface area contributed by atoms with Gasteiger partial charge in [-0.05, 0) is 43.3 Å². The molecule has 2 aliphatic heterocycles. The number of anilines is 1. The molecule has 1 fully saturated rings. The van der Waals surface area contributed by atoms with Crippen molar-refractivity contribution < 1.29 is 8.42 Å². The zero-order chi connectivity index (χ0) is 20.9. The van der Waals surface area contributed by atoms with Gasteiger partial charge in [-0.2, -0.15) is 8.42 Å². The number of halogens is 1. The summed E-state index contributed by atoms with van der Waals surface area (Å²) in [5.41, 5.74) is 1.62. The third kappa shape index (κ3) is 3.14. The minimum Gasteiger partial charge on any atom is -0.352 e. The standard InChI is InChI=1S/C20H19ClN6O2S/c1-14-22-23-20(27(14)16-8-6-15(21)7-9-16)26-12-10-25(11-13-26)19-17-4-2-3-5-18(17)30(28,29)24-19/h2-9H,10-13H2,1H3. The van der Waals surface area contributed by atoms with E-state index in [4.69, 9.17) is 11.6 Å². The number of aromatic nitrogens is 3. The van der Waals surface area contributed by atoms with Gasteiger partial charge in [-0.15, -0.1) is 14.6 Å². The van der Waals surface area contributed by atoms with Crippen LogP contribution < -0.4 is 4.90 Å². The van der Waals surface area contributed by atoms with Crippen LogP contribution in [-0.4, -0.2) is 60.1 Å². The first-order chi connectivity index (χ1) is 14.4. The molecule has 1 aromatic heterocycles. The van der Waals surface area contributed by atoms with Gasteiger partial charge in [-0.25, -0.2) is 0 Å². The fourth-order valence-electron chi connectivity index (χ4n) is 3.88. The Kier molecular flexibility index (Phi) is 4.52. The first kappa shape index (κ1) is 19.1. The summed E-state index contributed by atoms with van der Waals surface area (Å²) in [6, 6.07) is 14.5. The summed E-state index contributed by atoms with van der Waals surface area (Å²) >= 11 is 6.03. The molecule has 2 aliphatic rings. The van der Waals surface area contributed by atoms with Gasteiger partial charge in [0.1, 0.15) is 10.7 Å². The molecule has 0 amide bonds. The molecule has 30 heavy (non-hydrogen) atoms. The lowest BCUT2D eigenvalue weighted by atomic mass is 10.1. The number of piperazine rings is 1. The average Bonchev–Trinajstić information content (AvgIpc) is 3.26. The van der Waals surface area contributed by atoms with E-state index in [0.29, 0.717) is 42.6 Å². The van der Waals surface area contributed by atoms with Crippen LogP contribution in [0.3, 0.4) is 0 Å². The maximum atomic E-state index is 12.4. The van der Waals surface area contributed by atoms with E-state index in [9.17, 15) is 8.42 Å². The molecule has 0 saturated carbocycles. The molecule has 0 N–H and O–H groups in total. The maximum Gasteiger partial charge on any atom is 0.285 e. The van der Waals surface area contributed by atoms with Crippen molar-refractivity contribution in [2.24, 2.45) is 4.40 Å². The minimum atomic E-state index is -3.62. The minimum absolute atomic E-state index is 0.278. The first-order valence-corrected chi connectivity index (χ1v) is 11.4. The molecule has 2 aromatic carbocycles. The summed E-state index contributed by atoms with van der Waals surface area (Å²) in [4.78, 5) is 4.46. The summed E-state index contributed by atoms with van der Waals surface area (Å²) in [7, 11) is -3.62. The fraction of sp³-hybridized carbons (Fsp3) is 0.250. The zero-order valence-corrected chi connectivity index (χ0v) is 17.8. The van der Waals surface area contributed by atoms with Crippen molar-refractivity contribution in [3.8, 4) is 5.69 Å². The highest BCUT2D eigenvalue weighted by Crippen LogP contribution is 2.29. The van der Waals surface area contributed by atoms with Crippen molar-refractivity contribution in [2.45, 2.75) is 11.8 Å². The molecule has 5 rings (SSSR count). The molecule has 154 valence electrons. The van der Waals surface area contributed by atoms with Crippen LogP contribution in [0.2, 0.25) is 5.02 Å². The van der Waals surface area contributed by atoms with Gasteiger partial charge >= 0.3 is 0 Å². The topological polar surface area (TPSA) is 83.7 Å². The number of amidine groups is 1. The Morgan fingerprint density at radius 3 is 2.30 bits per heavy atom. The molecule has 1 saturated heterocycles. The van der Waals surface area contributed by atoms with Crippen molar-refractivity contribution in [3.05, 3.63) is 64.9 Å². The summed E-state index contributed by atoms with van der Waals surface area (Å²) in [5.74, 6) is 2.08. The summed E-state index contributed by atoms with van der Waals surface area (Å²) in [6.45, 7) is 4.53. The van der Waals surface area contributed by atoms with Crippen LogP contribution in [-0.2, 0) is 10.0 Å². The zero-order valence-electron chi connectivity index (χ0n) is 16.2. The van der Waals surface area contributed by atoms with E-state index in [1.165, 1.54) is 0 Å². The van der Waals surface area contributed by atoms with Crippen LogP contribution in [0.15, 0.2) is 57.8 Å². The second-order valence-corrected chi connectivity index (χ2v) is 9.23. The SMILES string of the molecule is Cc1nnc(N2CCN(C3=NS(=O)(=O)c4ccccc43)CC2)n1-c1ccc(Cl)cc1. The molecular formula is C20H19ClN6O2S. The van der Waals surface area contributed by atoms with E-state index in [-0.39, 0.29) is 4.90 Å². The maximum absolute atomic E-state index is 12.4. The van der Waals surface area contributed by atoms with E-state index >= 15 is 0 Å². The Balaban J connectivity index is 1.39. The van der Waals surface area contributed by atoms with Gasteiger partial charge in [0.2, 0.25) is 5.95 Å². The molecule has 0 spiro atoms. The normalized spacial score (nSPS) is 17.7. The largest absolute Gasteiger partial charge is 0.352 e. The van der Waals surface area contributed by atoms with Crippen LogP contribution in [0.4, 0.5) is 5.95 Å². The van der Waals surface area contributed by atoms with E-state index in [1.54, 1.807) is 12.1 Å². The lowest BCUT2D eigenvalue weighted by Crippen LogP contribution is -2.49. The highest BCUT2D eigenvalue weighted by Gasteiger charge is 2.33. The van der Waals surface area contributed by atoms with Crippen molar-refractivity contribution in [3.63, 3.8) is 0 Å². The predicted octanol–water partition coefficient (Wildman–Crippen LogP) is 2.50. The average molecular weight is 443 g/mol. The molecular weight excluding hydrogens is 424 g/mol. The van der Waals surface area contributed by atoms with Gasteiger partial charge in [-0.3, -0.25) is 4.57 Å². The van der Waals surface area contributed by atoms with Gasteiger partial charge in [0, 0.05) is 36.8 Å². The molecule has 0 aliphatic carbocycles. The third-order valence-corrected chi connectivity index (χ3v) is 6.94. The lowest BCUT2D eigenvalue weighted by Gasteiger charge is -2.36. The van der Waals surface area contributed by atoms with E-state index in [2.05, 4.69) is 19.5 Å². The monoisotopic (exact) mass is 442 g/mol. The molecule has 10 heteroatoms. The Hall–Kier alpha value is -2.91. The van der Waals surface area contributed by atoms with Gasteiger partial charge < -0.3 is 9.80 Å². The molecule has 0 unspecified atom stereocenters. The summed E-state index contributed by atoms with van der Waals surface area (Å²) in [5, 5.41) is 9.31. The number of nitrogens with zero attached hydrogens (tertiary/aromatic N) is 6. The Morgan fingerprint density at radius 1 is 0.900 bits per heavy atom. The number of hydrogen-bond acceptors (Lipinski definition) is 6. The molecule has 3 heterocycles. The second kappa shape index (κ2) is 7.10. The number of fused-ring (bicyclic) bond motifs is 1. The molecule has 3 aromatic rings. The second-order valence-electron chi connectivity index (χ2n) is 7.22. The van der Waals surface area contributed by atoms with E-state index in [1.807, 2.05) is 52.8 Å². The van der Waals surface area contributed by atoms with Gasteiger partial charge in [0.05, 0.1) is 5.69 Å². The smallest absolute Gasteiger partial charge is 0.285 e. The van der Waals surface area contributed by atoms with Crippen molar-refractivity contribution in [2.75, 3.05) is 31.1 Å². The van der Waals surface area contributed by atoms with Crippen molar-refractivity contribution in [1.29, 1.82) is 0 Å². The van der Waals surface area contributed by atoms with Crippen LogP contribution >= 0.6 is 11.6 Å². The van der Waals surface area contributed by atoms with Crippen molar-refractivity contribution in [1.82, 2.24) is 19.7 Å². The fourth-order valence-corrected chi connectivity index (χ4v) is 5.24. The Bertz CT molecular complexity index is 1240. The van der Waals surface area contributed by atoms with Crippen molar-refractivity contribution >= 4 is 33.4 Å². The van der Waals surface area contributed by atoms with E-state index in [0.717, 1.165) is 17.5 Å². The van der Waals surface area contributed by atoms with Gasteiger partial charge in [-0.1, -0.05) is 23.7 Å². The summed E-state index contributed by atoms with van der Waals surface area (Å²) < 4.78 is 30.8. The van der Waals surface area contributed by atoms with Gasteiger partial charge in [0.25, 0.3) is 10.0 Å². The molecule has 8 nitrogen and oxygen atoms in total. The molecule has 0 radical (unpaired) electrons. The summed E-state index contributed by atoms with van der Waals surface area (Å²) in [6.07, 6.45) is 0.